The van der Waals surface area contributed by atoms with Gasteiger partial charge in [-0.15, -0.1) is 18.3 Å². The number of aliphatic imine (C=N–C) groups is 1. The highest BCUT2D eigenvalue weighted by Crippen LogP contribution is 2.43. The topological polar surface area (TPSA) is 87.9 Å². The van der Waals surface area contributed by atoms with Crippen molar-refractivity contribution >= 4 is 28.6 Å². The molecule has 0 aliphatic carbocycles. The van der Waals surface area contributed by atoms with E-state index in [0.29, 0.717) is 22.6 Å². The first-order valence-corrected chi connectivity index (χ1v) is 15.2. The number of anilines is 1. The van der Waals surface area contributed by atoms with Crippen LogP contribution in [0.15, 0.2) is 89.8 Å². The lowest BCUT2D eigenvalue weighted by atomic mass is 9.93. The predicted octanol–water partition coefficient (Wildman–Crippen LogP) is 7.37. The number of aryl methyl sites for hydroxylation is 1. The molecule has 2 aliphatic rings. The molecule has 1 fully saturated rings. The van der Waals surface area contributed by atoms with E-state index in [2.05, 4.69) is 68.3 Å². The number of amidine groups is 1. The van der Waals surface area contributed by atoms with Gasteiger partial charge in [0.1, 0.15) is 12.1 Å². The lowest BCUT2D eigenvalue weighted by Gasteiger charge is -2.30. The second-order valence-electron chi connectivity index (χ2n) is 10.9. The Hall–Kier alpha value is -4.62. The van der Waals surface area contributed by atoms with Crippen LogP contribution in [-0.4, -0.2) is 50.1 Å². The van der Waals surface area contributed by atoms with Gasteiger partial charge >= 0.3 is 12.4 Å². The van der Waals surface area contributed by atoms with Crippen molar-refractivity contribution in [1.82, 2.24) is 25.2 Å². The summed E-state index contributed by atoms with van der Waals surface area (Å²) in [5.41, 5.74) is 9.70. The summed E-state index contributed by atoms with van der Waals surface area (Å²) in [6, 6.07) is 18.7. The average Bonchev–Trinajstić information content (AvgIpc) is 3.64. The standard InChI is InChI=1S/C32H30F3N7O2S/c1-19-5-14-27-20(2)16-25-17-45-31(42(25)28(27)15-19)37-30(43)39-40(4)21(3)22-6-8-23(9-7-22)29-36-18-41(38-29)24-10-12-26(13-11-24)44-32(33,34)35/h5-16,18,20-21H,17H2,1-4H3,(H,39,43). The molecule has 2 amide bonds. The number of fused-ring (bicyclic) bond motifs is 3. The van der Waals surface area contributed by atoms with Gasteiger partial charge in [-0.1, -0.05) is 61.2 Å². The SMILES string of the molecule is Cc1ccc2c(c1)N1C(=CC2C)CSC1=NC(=O)NN(C)C(C)c1ccc(-c2ncn(-c3ccc(OC(F)(F)F)cc3)n2)cc1. The molecule has 0 spiro atoms. The van der Waals surface area contributed by atoms with Gasteiger partial charge in [0.2, 0.25) is 0 Å². The highest BCUT2D eigenvalue weighted by Gasteiger charge is 2.34. The van der Waals surface area contributed by atoms with Crippen molar-refractivity contribution in [3.63, 3.8) is 0 Å². The van der Waals surface area contributed by atoms with Crippen LogP contribution >= 0.6 is 11.8 Å². The largest absolute Gasteiger partial charge is 0.573 e. The molecule has 0 bridgehead atoms. The Balaban J connectivity index is 1.10. The van der Waals surface area contributed by atoms with Gasteiger partial charge in [-0.25, -0.2) is 19.5 Å². The number of hydrogen-bond donors (Lipinski definition) is 1. The number of carbonyl (C=O) groups excluding carboxylic acids is 1. The fraction of sp³-hybridized carbons (Fsp3) is 0.250. The van der Waals surface area contributed by atoms with Crippen LogP contribution in [0.5, 0.6) is 5.75 Å². The fourth-order valence-corrected chi connectivity index (χ4v) is 6.27. The lowest BCUT2D eigenvalue weighted by Crippen LogP contribution is -2.40. The zero-order valence-electron chi connectivity index (χ0n) is 24.9. The van der Waals surface area contributed by atoms with Gasteiger partial charge in [-0.05, 0) is 60.9 Å². The number of benzene rings is 3. The van der Waals surface area contributed by atoms with Crippen LogP contribution in [0.3, 0.4) is 0 Å². The molecule has 1 aromatic heterocycles. The number of hydrazine groups is 1. The third-order valence-electron chi connectivity index (χ3n) is 7.72. The number of aromatic nitrogens is 3. The van der Waals surface area contributed by atoms with Gasteiger partial charge in [0.15, 0.2) is 11.0 Å². The molecule has 45 heavy (non-hydrogen) atoms. The van der Waals surface area contributed by atoms with Gasteiger partial charge < -0.3 is 4.74 Å². The summed E-state index contributed by atoms with van der Waals surface area (Å²) in [6.07, 6.45) is -1.03. The number of amides is 2. The summed E-state index contributed by atoms with van der Waals surface area (Å²) in [5.74, 6) is 1.20. The Morgan fingerprint density at radius 2 is 1.87 bits per heavy atom. The zero-order chi connectivity index (χ0) is 31.9. The molecule has 0 saturated carbocycles. The van der Waals surface area contributed by atoms with E-state index in [-0.39, 0.29) is 11.8 Å². The maximum Gasteiger partial charge on any atom is 0.573 e. The minimum absolute atomic E-state index is 0.169. The van der Waals surface area contributed by atoms with Crippen LogP contribution in [-0.2, 0) is 0 Å². The van der Waals surface area contributed by atoms with Gasteiger partial charge in [0.25, 0.3) is 0 Å². The van der Waals surface area contributed by atoms with E-state index in [4.69, 9.17) is 0 Å². The number of thioether (sulfide) groups is 1. The van der Waals surface area contributed by atoms with Crippen molar-refractivity contribution in [3.8, 4) is 22.8 Å². The maximum atomic E-state index is 13.0. The molecule has 0 radical (unpaired) electrons. The monoisotopic (exact) mass is 633 g/mol. The number of alkyl halides is 3. The molecule has 232 valence electrons. The average molecular weight is 634 g/mol. The Morgan fingerprint density at radius 3 is 2.58 bits per heavy atom. The van der Waals surface area contributed by atoms with Crippen molar-refractivity contribution < 1.29 is 22.7 Å². The van der Waals surface area contributed by atoms with Crippen molar-refractivity contribution in [2.24, 2.45) is 4.99 Å². The first-order chi connectivity index (χ1) is 21.4. The summed E-state index contributed by atoms with van der Waals surface area (Å²) in [4.78, 5) is 23.9. The Bertz CT molecular complexity index is 1790. The third-order valence-corrected chi connectivity index (χ3v) is 8.69. The van der Waals surface area contributed by atoms with Crippen LogP contribution in [0.25, 0.3) is 17.1 Å². The van der Waals surface area contributed by atoms with Crippen LogP contribution in [0, 0.1) is 6.92 Å². The number of nitrogens with zero attached hydrogens (tertiary/aromatic N) is 6. The third kappa shape index (κ3) is 6.59. The van der Waals surface area contributed by atoms with E-state index in [9.17, 15) is 18.0 Å². The molecule has 3 aromatic carbocycles. The van der Waals surface area contributed by atoms with E-state index in [1.165, 1.54) is 40.8 Å². The van der Waals surface area contributed by atoms with Gasteiger partial charge in [0, 0.05) is 30.0 Å². The normalized spacial score (nSPS) is 17.6. The van der Waals surface area contributed by atoms with E-state index >= 15 is 0 Å². The molecule has 3 heterocycles. The Labute approximate surface area is 262 Å². The lowest BCUT2D eigenvalue weighted by molar-refractivity contribution is -0.274. The van der Waals surface area contributed by atoms with Gasteiger partial charge in [0.05, 0.1) is 17.4 Å². The quantitative estimate of drug-likeness (QED) is 0.222. The Kier molecular flexibility index (Phi) is 8.14. The number of allylic oxidation sites excluding steroid dienone is 1. The molecule has 2 atom stereocenters. The number of nitrogens with one attached hydrogen (secondary N) is 1. The Morgan fingerprint density at radius 1 is 1.13 bits per heavy atom. The van der Waals surface area contributed by atoms with Crippen LogP contribution < -0.4 is 15.1 Å². The maximum absolute atomic E-state index is 13.0. The number of halogens is 3. The number of ether oxygens (including phenoxy) is 1. The highest BCUT2D eigenvalue weighted by atomic mass is 32.2. The predicted molar refractivity (Wildman–Crippen MR) is 168 cm³/mol. The molecule has 2 unspecified atom stereocenters. The zero-order valence-corrected chi connectivity index (χ0v) is 25.7. The summed E-state index contributed by atoms with van der Waals surface area (Å²) in [5, 5.41) is 6.82. The molecule has 1 N–H and O–H groups in total. The number of hydrogen-bond acceptors (Lipinski definition) is 6. The van der Waals surface area contributed by atoms with Crippen molar-refractivity contribution in [2.45, 2.75) is 39.1 Å². The smallest absolute Gasteiger partial charge is 0.406 e. The molecular formula is C32H30F3N7O2S. The highest BCUT2D eigenvalue weighted by molar-refractivity contribution is 8.14. The fourth-order valence-electron chi connectivity index (χ4n) is 5.28. The first kappa shape index (κ1) is 30.4. The van der Waals surface area contributed by atoms with E-state index in [1.54, 1.807) is 23.8 Å². The minimum Gasteiger partial charge on any atom is -0.406 e. The minimum atomic E-state index is -4.75. The van der Waals surface area contributed by atoms with Crippen molar-refractivity contribution in [3.05, 3.63) is 102 Å². The molecule has 9 nitrogen and oxygen atoms in total. The number of urea groups is 1. The van der Waals surface area contributed by atoms with Crippen LogP contribution in [0.1, 0.15) is 42.5 Å². The summed E-state index contributed by atoms with van der Waals surface area (Å²) >= 11 is 1.55. The molecule has 6 rings (SSSR count). The second-order valence-corrected chi connectivity index (χ2v) is 11.9. The van der Waals surface area contributed by atoms with Crippen molar-refractivity contribution in [2.75, 3.05) is 17.7 Å². The van der Waals surface area contributed by atoms with E-state index < -0.39 is 12.4 Å². The molecule has 4 aromatic rings. The number of rotatable bonds is 6. The second kappa shape index (κ2) is 12.1. The molecular weight excluding hydrogens is 603 g/mol. The molecule has 2 aliphatic heterocycles. The molecule has 13 heteroatoms. The van der Waals surface area contributed by atoms with E-state index in [1.807, 2.05) is 31.2 Å². The van der Waals surface area contributed by atoms with Crippen molar-refractivity contribution in [1.29, 1.82) is 0 Å². The summed E-state index contributed by atoms with van der Waals surface area (Å²) < 4.78 is 42.7. The van der Waals surface area contributed by atoms with Gasteiger partial charge in [-0.2, -0.15) is 4.99 Å². The van der Waals surface area contributed by atoms with Gasteiger partial charge in [-0.3, -0.25) is 10.3 Å². The number of carbonyl (C=O) groups is 1. The summed E-state index contributed by atoms with van der Waals surface area (Å²) in [6.45, 7) is 6.21. The summed E-state index contributed by atoms with van der Waals surface area (Å²) in [7, 11) is 1.79. The molecule has 1 saturated heterocycles. The first-order valence-electron chi connectivity index (χ1n) is 14.2. The van der Waals surface area contributed by atoms with E-state index in [0.717, 1.165) is 33.8 Å². The van der Waals surface area contributed by atoms with Crippen LogP contribution in [0.4, 0.5) is 23.7 Å². The van der Waals surface area contributed by atoms with Crippen LogP contribution in [0.2, 0.25) is 0 Å².